The smallest absolute Gasteiger partial charge is 0.136 e. The van der Waals surface area contributed by atoms with Gasteiger partial charge in [-0.15, -0.1) is 0 Å². The monoisotopic (exact) mass is 252 g/mol. The van der Waals surface area contributed by atoms with Crippen molar-refractivity contribution in [2.24, 2.45) is 22.7 Å². The van der Waals surface area contributed by atoms with Gasteiger partial charge in [-0.05, 0) is 23.7 Å². The van der Waals surface area contributed by atoms with Gasteiger partial charge in [0.15, 0.2) is 0 Å². The predicted octanol–water partition coefficient (Wildman–Crippen LogP) is 4.02. The quantitative estimate of drug-likeness (QED) is 0.652. The SMILES string of the molecule is CC1CC(C)(C)CC1=O.CC1CC(C)(C)CC1=O. The highest BCUT2D eigenvalue weighted by atomic mass is 16.1. The van der Waals surface area contributed by atoms with Crippen molar-refractivity contribution in [1.82, 2.24) is 0 Å². The number of hydrogen-bond donors (Lipinski definition) is 0. The molecule has 0 bridgehead atoms. The van der Waals surface area contributed by atoms with E-state index in [1.165, 1.54) is 0 Å². The Bertz CT molecular complexity index is 305. The van der Waals surface area contributed by atoms with Crippen LogP contribution in [-0.4, -0.2) is 11.6 Å². The summed E-state index contributed by atoms with van der Waals surface area (Å²) in [5.41, 5.74) is 0.576. The van der Waals surface area contributed by atoms with E-state index >= 15 is 0 Å². The minimum absolute atomic E-state index is 0.288. The van der Waals surface area contributed by atoms with E-state index in [1.807, 2.05) is 13.8 Å². The molecule has 0 N–H and O–H groups in total. The van der Waals surface area contributed by atoms with Crippen molar-refractivity contribution in [3.63, 3.8) is 0 Å². The molecule has 0 amide bonds. The highest BCUT2D eigenvalue weighted by Gasteiger charge is 2.35. The van der Waals surface area contributed by atoms with Crippen molar-refractivity contribution in [2.45, 2.75) is 67.2 Å². The molecular formula is C16H28O2. The van der Waals surface area contributed by atoms with Crippen LogP contribution in [0.5, 0.6) is 0 Å². The Morgan fingerprint density at radius 3 is 1.11 bits per heavy atom. The largest absolute Gasteiger partial charge is 0.299 e. The van der Waals surface area contributed by atoms with Crippen LogP contribution in [0.25, 0.3) is 0 Å². The highest BCUT2D eigenvalue weighted by molar-refractivity contribution is 5.83. The van der Waals surface area contributed by atoms with E-state index in [-0.39, 0.29) is 10.8 Å². The van der Waals surface area contributed by atoms with Crippen LogP contribution in [0.2, 0.25) is 0 Å². The van der Waals surface area contributed by atoms with E-state index in [4.69, 9.17) is 0 Å². The standard InChI is InChI=1S/2C8H14O/c2*1-6-4-8(2,3)5-7(6)9/h2*6H,4-5H2,1-3H3. The molecule has 2 saturated carbocycles. The molecule has 2 fully saturated rings. The van der Waals surface area contributed by atoms with Crippen LogP contribution in [0.3, 0.4) is 0 Å². The molecular weight excluding hydrogens is 224 g/mol. The maximum Gasteiger partial charge on any atom is 0.136 e. The maximum absolute atomic E-state index is 11.0. The lowest BCUT2D eigenvalue weighted by molar-refractivity contribution is -0.121. The Morgan fingerprint density at radius 1 is 0.778 bits per heavy atom. The third kappa shape index (κ3) is 4.22. The molecule has 0 radical (unpaired) electrons. The summed E-state index contributed by atoms with van der Waals surface area (Å²) in [6.45, 7) is 12.7. The molecule has 2 atom stereocenters. The summed E-state index contributed by atoms with van der Waals surface area (Å²) in [5, 5.41) is 0. The summed E-state index contributed by atoms with van der Waals surface area (Å²) < 4.78 is 0. The average molecular weight is 252 g/mol. The van der Waals surface area contributed by atoms with Crippen LogP contribution >= 0.6 is 0 Å². The number of rotatable bonds is 0. The second kappa shape index (κ2) is 5.14. The average Bonchev–Trinajstić information content (AvgIpc) is 2.49. The van der Waals surface area contributed by atoms with Crippen molar-refractivity contribution in [2.75, 3.05) is 0 Å². The third-order valence-corrected chi connectivity index (χ3v) is 4.12. The van der Waals surface area contributed by atoms with Crippen molar-refractivity contribution in [3.8, 4) is 0 Å². The first-order valence-corrected chi connectivity index (χ1v) is 7.08. The molecule has 0 aromatic carbocycles. The minimum atomic E-state index is 0.288. The Kier molecular flexibility index (Phi) is 4.40. The fourth-order valence-electron chi connectivity index (χ4n) is 3.32. The van der Waals surface area contributed by atoms with Gasteiger partial charge in [0, 0.05) is 24.7 Å². The van der Waals surface area contributed by atoms with E-state index in [0.29, 0.717) is 23.4 Å². The topological polar surface area (TPSA) is 34.1 Å². The van der Waals surface area contributed by atoms with Crippen molar-refractivity contribution in [3.05, 3.63) is 0 Å². The molecule has 0 aromatic rings. The second-order valence-electron chi connectivity index (χ2n) is 7.82. The lowest BCUT2D eigenvalue weighted by atomic mass is 9.91. The zero-order valence-corrected chi connectivity index (χ0v) is 12.8. The first kappa shape index (κ1) is 15.4. The van der Waals surface area contributed by atoms with Crippen LogP contribution in [-0.2, 0) is 9.59 Å². The van der Waals surface area contributed by atoms with Crippen LogP contribution in [0.1, 0.15) is 67.2 Å². The fourth-order valence-corrected chi connectivity index (χ4v) is 3.32. The molecule has 2 nitrogen and oxygen atoms in total. The van der Waals surface area contributed by atoms with Gasteiger partial charge in [0.25, 0.3) is 0 Å². The van der Waals surface area contributed by atoms with Gasteiger partial charge < -0.3 is 0 Å². The maximum atomic E-state index is 11.0. The van der Waals surface area contributed by atoms with Gasteiger partial charge in [0.2, 0.25) is 0 Å². The molecule has 2 aliphatic rings. The fraction of sp³-hybridized carbons (Fsp3) is 0.875. The summed E-state index contributed by atoms with van der Waals surface area (Å²) in [7, 11) is 0. The lowest BCUT2D eigenvalue weighted by Crippen LogP contribution is -2.04. The molecule has 0 spiro atoms. The molecule has 0 saturated heterocycles. The van der Waals surface area contributed by atoms with E-state index in [1.54, 1.807) is 0 Å². The van der Waals surface area contributed by atoms with Crippen LogP contribution < -0.4 is 0 Å². The summed E-state index contributed by atoms with van der Waals surface area (Å²) in [5.74, 6) is 1.53. The predicted molar refractivity (Wildman–Crippen MR) is 74.4 cm³/mol. The number of carbonyl (C=O) groups is 2. The van der Waals surface area contributed by atoms with Gasteiger partial charge in [-0.1, -0.05) is 41.5 Å². The van der Waals surface area contributed by atoms with Crippen molar-refractivity contribution in [1.29, 1.82) is 0 Å². The van der Waals surface area contributed by atoms with E-state index < -0.39 is 0 Å². The molecule has 2 rings (SSSR count). The Hall–Kier alpha value is -0.660. The summed E-state index contributed by atoms with van der Waals surface area (Å²) >= 11 is 0. The van der Waals surface area contributed by atoms with Crippen LogP contribution in [0.15, 0.2) is 0 Å². The Morgan fingerprint density at radius 2 is 1.06 bits per heavy atom. The van der Waals surface area contributed by atoms with Gasteiger partial charge in [0.05, 0.1) is 0 Å². The highest BCUT2D eigenvalue weighted by Crippen LogP contribution is 2.38. The Balaban J connectivity index is 0.000000180. The lowest BCUT2D eigenvalue weighted by Gasteiger charge is -2.13. The van der Waals surface area contributed by atoms with Crippen LogP contribution in [0.4, 0.5) is 0 Å². The number of carbonyl (C=O) groups excluding carboxylic acids is 2. The van der Waals surface area contributed by atoms with E-state index in [9.17, 15) is 9.59 Å². The zero-order valence-electron chi connectivity index (χ0n) is 12.8. The molecule has 2 heteroatoms. The normalized spacial score (nSPS) is 33.2. The summed E-state index contributed by atoms with van der Waals surface area (Å²) in [6.07, 6.45) is 3.72. The van der Waals surface area contributed by atoms with Gasteiger partial charge in [-0.25, -0.2) is 0 Å². The number of Topliss-reactive ketones (excluding diaryl/α,β-unsaturated/α-hetero) is 2. The first-order chi connectivity index (χ1) is 8.02. The molecule has 2 aliphatic carbocycles. The molecule has 0 aromatic heterocycles. The van der Waals surface area contributed by atoms with Crippen LogP contribution in [0, 0.1) is 22.7 Å². The van der Waals surface area contributed by atoms with Crippen molar-refractivity contribution < 1.29 is 9.59 Å². The van der Waals surface area contributed by atoms with E-state index in [2.05, 4.69) is 27.7 Å². The van der Waals surface area contributed by atoms with Gasteiger partial charge in [-0.3, -0.25) is 9.59 Å². The second-order valence-corrected chi connectivity index (χ2v) is 7.82. The molecule has 0 aliphatic heterocycles. The zero-order chi connectivity index (χ0) is 14.1. The summed E-state index contributed by atoms with van der Waals surface area (Å²) in [4.78, 5) is 22.0. The number of ketones is 2. The Labute approximate surface area is 112 Å². The molecule has 0 heterocycles. The summed E-state index contributed by atoms with van der Waals surface area (Å²) in [6, 6.07) is 0. The molecule has 104 valence electrons. The molecule has 18 heavy (non-hydrogen) atoms. The minimum Gasteiger partial charge on any atom is -0.299 e. The number of hydrogen-bond acceptors (Lipinski definition) is 2. The van der Waals surface area contributed by atoms with Gasteiger partial charge in [-0.2, -0.15) is 0 Å². The first-order valence-electron chi connectivity index (χ1n) is 7.08. The third-order valence-electron chi connectivity index (χ3n) is 4.12. The van der Waals surface area contributed by atoms with Gasteiger partial charge in [0.1, 0.15) is 11.6 Å². The van der Waals surface area contributed by atoms with E-state index in [0.717, 1.165) is 25.7 Å². The van der Waals surface area contributed by atoms with Crippen molar-refractivity contribution >= 4 is 11.6 Å². The molecule has 2 unspecified atom stereocenters. The van der Waals surface area contributed by atoms with Gasteiger partial charge >= 0.3 is 0 Å².